The molecule has 0 aliphatic carbocycles. The summed E-state index contributed by atoms with van der Waals surface area (Å²) in [6, 6.07) is 16.5. The molecule has 0 radical (unpaired) electrons. The summed E-state index contributed by atoms with van der Waals surface area (Å²) in [5.74, 6) is 1.16. The summed E-state index contributed by atoms with van der Waals surface area (Å²) in [6.45, 7) is 6.66. The molecule has 0 spiro atoms. The smallest absolute Gasteiger partial charge is 0.225 e. The number of nitrogens with zero attached hydrogens (tertiary/aromatic N) is 2. The summed E-state index contributed by atoms with van der Waals surface area (Å²) in [5, 5.41) is 0.943. The van der Waals surface area contributed by atoms with E-state index in [0.29, 0.717) is 11.8 Å². The van der Waals surface area contributed by atoms with Crippen LogP contribution in [0.4, 0.5) is 0 Å². The van der Waals surface area contributed by atoms with Gasteiger partial charge in [0.25, 0.3) is 0 Å². The Morgan fingerprint density at radius 1 is 0.957 bits per heavy atom. The van der Waals surface area contributed by atoms with Crippen molar-refractivity contribution >= 4 is 22.7 Å². The van der Waals surface area contributed by atoms with E-state index in [9.17, 15) is 0 Å². The third kappa shape index (κ3) is 3.82. The monoisotopic (exact) mass is 324 g/mol. The van der Waals surface area contributed by atoms with E-state index < -0.39 is 0 Å². The summed E-state index contributed by atoms with van der Waals surface area (Å²) in [7, 11) is 0. The standard InChI is InChI=1S/C19H20N2OS/c1-19(2,3)14-8-10-15(11-9-14)23-13-22-18-16-6-4-5-7-17(16)20-12-21-18/h4-12H,13H2,1-3H3. The Kier molecular flexibility index (Phi) is 4.53. The molecule has 23 heavy (non-hydrogen) atoms. The van der Waals surface area contributed by atoms with Crippen LogP contribution in [0.2, 0.25) is 0 Å². The van der Waals surface area contributed by atoms with Gasteiger partial charge in [-0.25, -0.2) is 9.97 Å². The van der Waals surface area contributed by atoms with Crippen molar-refractivity contribution < 1.29 is 4.74 Å². The topological polar surface area (TPSA) is 35.0 Å². The molecule has 118 valence electrons. The van der Waals surface area contributed by atoms with Crippen LogP contribution < -0.4 is 4.74 Å². The van der Waals surface area contributed by atoms with Crippen LogP contribution >= 0.6 is 11.8 Å². The summed E-state index contributed by atoms with van der Waals surface area (Å²) >= 11 is 1.66. The number of hydrogen-bond acceptors (Lipinski definition) is 4. The molecule has 0 atom stereocenters. The number of thioether (sulfide) groups is 1. The van der Waals surface area contributed by atoms with Crippen LogP contribution in [0.15, 0.2) is 59.8 Å². The Labute approximate surface area is 141 Å². The number of para-hydroxylation sites is 1. The second-order valence-corrected chi connectivity index (χ2v) is 7.37. The van der Waals surface area contributed by atoms with E-state index in [1.54, 1.807) is 18.1 Å². The first-order valence-corrected chi connectivity index (χ1v) is 8.58. The molecular weight excluding hydrogens is 304 g/mol. The molecule has 3 rings (SSSR count). The molecule has 0 unspecified atom stereocenters. The van der Waals surface area contributed by atoms with Gasteiger partial charge >= 0.3 is 0 Å². The first kappa shape index (κ1) is 15.8. The Bertz CT molecular complexity index is 789. The molecule has 0 saturated heterocycles. The van der Waals surface area contributed by atoms with Crippen molar-refractivity contribution in [3.05, 3.63) is 60.4 Å². The minimum atomic E-state index is 0.180. The van der Waals surface area contributed by atoms with E-state index in [1.165, 1.54) is 10.5 Å². The SMILES string of the molecule is CC(C)(C)c1ccc(SCOc2ncnc3ccccc23)cc1. The van der Waals surface area contributed by atoms with Gasteiger partial charge in [-0.3, -0.25) is 0 Å². The van der Waals surface area contributed by atoms with Crippen molar-refractivity contribution in [3.8, 4) is 5.88 Å². The zero-order valence-electron chi connectivity index (χ0n) is 13.6. The Morgan fingerprint density at radius 2 is 1.70 bits per heavy atom. The molecule has 0 aliphatic heterocycles. The van der Waals surface area contributed by atoms with E-state index in [0.717, 1.165) is 10.9 Å². The van der Waals surface area contributed by atoms with Gasteiger partial charge < -0.3 is 4.74 Å². The lowest BCUT2D eigenvalue weighted by Gasteiger charge is -2.19. The van der Waals surface area contributed by atoms with Crippen LogP contribution in [0, 0.1) is 0 Å². The van der Waals surface area contributed by atoms with Gasteiger partial charge in [0.15, 0.2) is 0 Å². The first-order valence-electron chi connectivity index (χ1n) is 7.60. The predicted molar refractivity (Wildman–Crippen MR) is 96.0 cm³/mol. The minimum Gasteiger partial charge on any atom is -0.466 e. The second kappa shape index (κ2) is 6.59. The third-order valence-electron chi connectivity index (χ3n) is 3.65. The molecule has 3 nitrogen and oxygen atoms in total. The Morgan fingerprint density at radius 3 is 2.43 bits per heavy atom. The van der Waals surface area contributed by atoms with E-state index in [1.807, 2.05) is 24.3 Å². The molecule has 4 heteroatoms. The number of aromatic nitrogens is 2. The van der Waals surface area contributed by atoms with Gasteiger partial charge in [0.2, 0.25) is 5.88 Å². The fourth-order valence-corrected chi connectivity index (χ4v) is 2.93. The number of hydrogen-bond donors (Lipinski definition) is 0. The zero-order chi connectivity index (χ0) is 16.3. The molecular formula is C19H20N2OS. The fourth-order valence-electron chi connectivity index (χ4n) is 2.30. The average molecular weight is 324 g/mol. The van der Waals surface area contributed by atoms with Crippen molar-refractivity contribution in [1.29, 1.82) is 0 Å². The predicted octanol–water partition coefficient (Wildman–Crippen LogP) is 5.06. The van der Waals surface area contributed by atoms with Gasteiger partial charge in [0, 0.05) is 4.90 Å². The highest BCUT2D eigenvalue weighted by Gasteiger charge is 2.12. The quantitative estimate of drug-likeness (QED) is 0.496. The van der Waals surface area contributed by atoms with Gasteiger partial charge in [-0.2, -0.15) is 0 Å². The van der Waals surface area contributed by atoms with Gasteiger partial charge in [0.1, 0.15) is 12.3 Å². The largest absolute Gasteiger partial charge is 0.466 e. The maximum atomic E-state index is 5.83. The van der Waals surface area contributed by atoms with Crippen molar-refractivity contribution in [2.45, 2.75) is 31.1 Å². The van der Waals surface area contributed by atoms with E-state index in [4.69, 9.17) is 4.74 Å². The lowest BCUT2D eigenvalue weighted by atomic mass is 9.87. The zero-order valence-corrected chi connectivity index (χ0v) is 14.4. The Balaban J connectivity index is 1.65. The van der Waals surface area contributed by atoms with Crippen molar-refractivity contribution in [2.24, 2.45) is 0 Å². The normalized spacial score (nSPS) is 11.6. The lowest BCUT2D eigenvalue weighted by molar-refractivity contribution is 0.381. The second-order valence-electron chi connectivity index (χ2n) is 6.38. The lowest BCUT2D eigenvalue weighted by Crippen LogP contribution is -2.10. The van der Waals surface area contributed by atoms with Gasteiger partial charge in [-0.1, -0.05) is 56.8 Å². The van der Waals surface area contributed by atoms with Crippen LogP contribution in [-0.4, -0.2) is 15.9 Å². The third-order valence-corrected chi connectivity index (χ3v) is 4.49. The van der Waals surface area contributed by atoms with Crippen LogP contribution in [0.25, 0.3) is 10.9 Å². The molecule has 0 fully saturated rings. The first-order chi connectivity index (χ1) is 11.0. The highest BCUT2D eigenvalue weighted by molar-refractivity contribution is 7.99. The average Bonchev–Trinajstić information content (AvgIpc) is 2.55. The Hall–Kier alpha value is -2.07. The van der Waals surface area contributed by atoms with Crippen LogP contribution in [0.3, 0.4) is 0 Å². The minimum absolute atomic E-state index is 0.180. The van der Waals surface area contributed by atoms with Crippen molar-refractivity contribution in [3.63, 3.8) is 0 Å². The van der Waals surface area contributed by atoms with E-state index in [-0.39, 0.29) is 5.41 Å². The molecule has 3 aromatic rings. The molecule has 0 saturated carbocycles. The summed E-state index contributed by atoms with van der Waals surface area (Å²) in [5.41, 5.74) is 2.42. The highest BCUT2D eigenvalue weighted by Crippen LogP contribution is 2.27. The van der Waals surface area contributed by atoms with Crippen LogP contribution in [0.1, 0.15) is 26.3 Å². The maximum Gasteiger partial charge on any atom is 0.225 e. The molecule has 0 aliphatic rings. The van der Waals surface area contributed by atoms with E-state index >= 15 is 0 Å². The van der Waals surface area contributed by atoms with Gasteiger partial charge in [-0.15, -0.1) is 0 Å². The number of rotatable bonds is 4. The number of fused-ring (bicyclic) bond motifs is 1. The van der Waals surface area contributed by atoms with Crippen LogP contribution in [0.5, 0.6) is 5.88 Å². The van der Waals surface area contributed by atoms with E-state index in [2.05, 4.69) is 55.0 Å². The van der Waals surface area contributed by atoms with Gasteiger partial charge in [0.05, 0.1) is 10.9 Å². The number of benzene rings is 2. The van der Waals surface area contributed by atoms with Gasteiger partial charge in [-0.05, 0) is 35.2 Å². The molecule has 1 aromatic heterocycles. The molecule has 0 amide bonds. The summed E-state index contributed by atoms with van der Waals surface area (Å²) in [4.78, 5) is 9.67. The summed E-state index contributed by atoms with van der Waals surface area (Å²) < 4.78 is 5.83. The fraction of sp³-hybridized carbons (Fsp3) is 0.263. The summed E-state index contributed by atoms with van der Waals surface area (Å²) in [6.07, 6.45) is 1.54. The number of ether oxygens (including phenoxy) is 1. The van der Waals surface area contributed by atoms with Crippen molar-refractivity contribution in [1.82, 2.24) is 9.97 Å². The molecule has 2 aromatic carbocycles. The van der Waals surface area contributed by atoms with Crippen molar-refractivity contribution in [2.75, 3.05) is 5.94 Å². The molecule has 0 N–H and O–H groups in total. The highest BCUT2D eigenvalue weighted by atomic mass is 32.2. The molecule has 0 bridgehead atoms. The molecule has 1 heterocycles. The maximum absolute atomic E-state index is 5.83. The van der Waals surface area contributed by atoms with Crippen LogP contribution in [-0.2, 0) is 5.41 Å².